The third kappa shape index (κ3) is 2.03. The van der Waals surface area contributed by atoms with Crippen LogP contribution in [-0.4, -0.2) is 11.1 Å². The molecular weight excluding hydrogens is 253 g/mol. The first kappa shape index (κ1) is 13.0. The summed E-state index contributed by atoms with van der Waals surface area (Å²) < 4.78 is 13.1. The lowest BCUT2D eigenvalue weighted by molar-refractivity contribution is 0.452. The monoisotopic (exact) mass is 271 g/mol. The van der Waals surface area contributed by atoms with Crippen LogP contribution in [0.4, 0.5) is 10.1 Å². The molecule has 0 saturated carbocycles. The van der Waals surface area contributed by atoms with Crippen molar-refractivity contribution in [1.29, 1.82) is 0 Å². The van der Waals surface area contributed by atoms with Gasteiger partial charge in [-0.3, -0.25) is 0 Å². The predicted octanol–water partition coefficient (Wildman–Crippen LogP) is 4.04. The molecule has 104 valence electrons. The summed E-state index contributed by atoms with van der Waals surface area (Å²) in [6.45, 7) is 4.22. The zero-order valence-electron chi connectivity index (χ0n) is 11.7. The van der Waals surface area contributed by atoms with E-state index in [0.29, 0.717) is 6.04 Å². The van der Waals surface area contributed by atoms with Gasteiger partial charge in [-0.2, -0.15) is 0 Å². The number of anilines is 1. The second-order valence-corrected chi connectivity index (χ2v) is 5.47. The topological polar surface area (TPSA) is 23.5 Å². The third-order valence-electron chi connectivity index (χ3n) is 4.12. The maximum atomic E-state index is 13.1. The van der Waals surface area contributed by atoms with Crippen molar-refractivity contribution in [2.24, 2.45) is 0 Å². The number of benzene rings is 2. The maximum Gasteiger partial charge on any atom is 0.126 e. The van der Waals surface area contributed by atoms with E-state index in [0.717, 1.165) is 12.0 Å². The second-order valence-electron chi connectivity index (χ2n) is 5.47. The highest BCUT2D eigenvalue weighted by Crippen LogP contribution is 2.40. The molecule has 1 N–H and O–H groups in total. The molecule has 0 radical (unpaired) electrons. The summed E-state index contributed by atoms with van der Waals surface area (Å²) in [5, 5.41) is 9.99. The van der Waals surface area contributed by atoms with Crippen molar-refractivity contribution >= 4 is 5.69 Å². The fourth-order valence-corrected chi connectivity index (χ4v) is 3.20. The lowest BCUT2D eigenvalue weighted by Gasteiger charge is -2.32. The molecule has 2 aromatic rings. The van der Waals surface area contributed by atoms with Gasteiger partial charge in [-0.25, -0.2) is 4.39 Å². The van der Waals surface area contributed by atoms with Crippen molar-refractivity contribution in [2.75, 3.05) is 4.90 Å². The summed E-state index contributed by atoms with van der Waals surface area (Å²) in [4.78, 5) is 2.29. The lowest BCUT2D eigenvalue weighted by atomic mass is 10.0. The van der Waals surface area contributed by atoms with Gasteiger partial charge in [0.1, 0.15) is 11.6 Å². The molecule has 2 nitrogen and oxygen atoms in total. The number of para-hydroxylation sites is 1. The Hall–Kier alpha value is -2.03. The largest absolute Gasteiger partial charge is 0.507 e. The van der Waals surface area contributed by atoms with Gasteiger partial charge in [0.25, 0.3) is 0 Å². The minimum absolute atomic E-state index is 0.00856. The Morgan fingerprint density at radius 2 is 2.00 bits per heavy atom. The van der Waals surface area contributed by atoms with Crippen LogP contribution in [0.25, 0.3) is 0 Å². The highest BCUT2D eigenvalue weighted by Gasteiger charge is 2.30. The van der Waals surface area contributed by atoms with Crippen LogP contribution in [0, 0.1) is 5.82 Å². The summed E-state index contributed by atoms with van der Waals surface area (Å²) in [5.41, 5.74) is 3.29. The zero-order valence-corrected chi connectivity index (χ0v) is 11.7. The van der Waals surface area contributed by atoms with Gasteiger partial charge >= 0.3 is 0 Å². The van der Waals surface area contributed by atoms with Crippen LogP contribution in [-0.2, 0) is 6.42 Å². The molecule has 0 spiro atoms. The number of halogens is 1. The molecule has 1 heterocycles. The molecule has 20 heavy (non-hydrogen) atoms. The summed E-state index contributed by atoms with van der Waals surface area (Å²) in [7, 11) is 0. The molecule has 1 aliphatic heterocycles. The average Bonchev–Trinajstić information content (AvgIpc) is 2.73. The van der Waals surface area contributed by atoms with E-state index in [-0.39, 0.29) is 11.8 Å². The van der Waals surface area contributed by atoms with Crippen LogP contribution < -0.4 is 4.90 Å². The molecular formula is C17H18FNO. The van der Waals surface area contributed by atoms with Gasteiger partial charge in [-0.15, -0.1) is 0 Å². The molecule has 0 aromatic heterocycles. The van der Waals surface area contributed by atoms with E-state index in [1.807, 2.05) is 13.0 Å². The van der Waals surface area contributed by atoms with Gasteiger partial charge in [0, 0.05) is 23.4 Å². The summed E-state index contributed by atoms with van der Waals surface area (Å²) in [6, 6.07) is 13.0. The average molecular weight is 271 g/mol. The number of nitrogens with zero attached hydrogens (tertiary/aromatic N) is 1. The van der Waals surface area contributed by atoms with E-state index >= 15 is 0 Å². The molecule has 0 amide bonds. The Morgan fingerprint density at radius 3 is 2.75 bits per heavy atom. The van der Waals surface area contributed by atoms with Crippen LogP contribution >= 0.6 is 0 Å². The second kappa shape index (κ2) is 4.82. The SMILES string of the molecule is CC1Cc2ccccc2N1C(C)c1ccc(F)cc1O. The molecule has 2 aromatic carbocycles. The minimum Gasteiger partial charge on any atom is -0.507 e. The van der Waals surface area contributed by atoms with Gasteiger partial charge in [0.05, 0.1) is 6.04 Å². The van der Waals surface area contributed by atoms with E-state index in [9.17, 15) is 9.50 Å². The van der Waals surface area contributed by atoms with E-state index < -0.39 is 5.82 Å². The van der Waals surface area contributed by atoms with E-state index in [2.05, 4.69) is 30.0 Å². The molecule has 1 aliphatic rings. The first-order valence-electron chi connectivity index (χ1n) is 6.92. The standard InChI is InChI=1S/C17H18FNO/c1-11-9-13-5-3-4-6-16(13)19(11)12(2)15-8-7-14(18)10-17(15)20/h3-8,10-12,20H,9H2,1-2H3. The normalized spacial score (nSPS) is 18.9. The number of phenols is 1. The Labute approximate surface area is 118 Å². The molecule has 2 unspecified atom stereocenters. The van der Waals surface area contributed by atoms with Crippen molar-refractivity contribution in [3.63, 3.8) is 0 Å². The van der Waals surface area contributed by atoms with Crippen LogP contribution in [0.3, 0.4) is 0 Å². The molecule has 2 atom stereocenters. The predicted molar refractivity (Wildman–Crippen MR) is 78.6 cm³/mol. The molecule has 0 aliphatic carbocycles. The number of fused-ring (bicyclic) bond motifs is 1. The van der Waals surface area contributed by atoms with Gasteiger partial charge in [-0.05, 0) is 38.0 Å². The number of hydrogen-bond acceptors (Lipinski definition) is 2. The van der Waals surface area contributed by atoms with Crippen LogP contribution in [0.15, 0.2) is 42.5 Å². The Morgan fingerprint density at radius 1 is 1.25 bits per heavy atom. The number of hydrogen-bond donors (Lipinski definition) is 1. The highest BCUT2D eigenvalue weighted by molar-refractivity contribution is 5.61. The smallest absolute Gasteiger partial charge is 0.126 e. The molecule has 3 heteroatoms. The van der Waals surface area contributed by atoms with Gasteiger partial charge < -0.3 is 10.0 Å². The Bertz CT molecular complexity index is 641. The van der Waals surface area contributed by atoms with Crippen LogP contribution in [0.2, 0.25) is 0 Å². The molecule has 0 fully saturated rings. The summed E-state index contributed by atoms with van der Waals surface area (Å²) in [6.07, 6.45) is 1.00. The van der Waals surface area contributed by atoms with Gasteiger partial charge in [0.15, 0.2) is 0 Å². The Kier molecular flexibility index (Phi) is 3.13. The fraction of sp³-hybridized carbons (Fsp3) is 0.294. The van der Waals surface area contributed by atoms with Gasteiger partial charge in [-0.1, -0.05) is 24.3 Å². The molecule has 0 saturated heterocycles. The van der Waals surface area contributed by atoms with Crippen molar-refractivity contribution < 1.29 is 9.50 Å². The van der Waals surface area contributed by atoms with Crippen molar-refractivity contribution in [3.8, 4) is 5.75 Å². The zero-order chi connectivity index (χ0) is 14.3. The minimum atomic E-state index is -0.409. The summed E-state index contributed by atoms with van der Waals surface area (Å²) >= 11 is 0. The number of phenolic OH excluding ortho intramolecular Hbond substituents is 1. The number of aromatic hydroxyl groups is 1. The highest BCUT2D eigenvalue weighted by atomic mass is 19.1. The molecule has 3 rings (SSSR count). The summed E-state index contributed by atoms with van der Waals surface area (Å²) in [5.74, 6) is -0.387. The van der Waals surface area contributed by atoms with E-state index in [1.165, 1.54) is 23.4 Å². The van der Waals surface area contributed by atoms with Gasteiger partial charge in [0.2, 0.25) is 0 Å². The van der Waals surface area contributed by atoms with Crippen molar-refractivity contribution in [2.45, 2.75) is 32.4 Å². The molecule has 0 bridgehead atoms. The van der Waals surface area contributed by atoms with E-state index in [1.54, 1.807) is 6.07 Å². The fourth-order valence-electron chi connectivity index (χ4n) is 3.20. The van der Waals surface area contributed by atoms with Crippen molar-refractivity contribution in [3.05, 3.63) is 59.4 Å². The van der Waals surface area contributed by atoms with Crippen LogP contribution in [0.5, 0.6) is 5.75 Å². The number of rotatable bonds is 2. The first-order chi connectivity index (χ1) is 9.58. The quantitative estimate of drug-likeness (QED) is 0.891. The lowest BCUT2D eigenvalue weighted by Crippen LogP contribution is -2.32. The Balaban J connectivity index is 2.00. The van der Waals surface area contributed by atoms with E-state index in [4.69, 9.17) is 0 Å². The maximum absolute atomic E-state index is 13.1. The van der Waals surface area contributed by atoms with Crippen molar-refractivity contribution in [1.82, 2.24) is 0 Å². The third-order valence-corrected chi connectivity index (χ3v) is 4.12. The van der Waals surface area contributed by atoms with Crippen LogP contribution in [0.1, 0.15) is 31.0 Å². The first-order valence-corrected chi connectivity index (χ1v) is 6.92.